The quantitative estimate of drug-likeness (QED) is 0.508. The SMILES string of the molecule is CNC(C(=O)O)c1cc(-c2ccncc2)c2cc(/C=C/c3ccccn3)ccc2n1. The van der Waals surface area contributed by atoms with Gasteiger partial charge in [-0.25, -0.2) is 0 Å². The van der Waals surface area contributed by atoms with Crippen molar-refractivity contribution in [1.82, 2.24) is 20.3 Å². The minimum Gasteiger partial charge on any atom is -0.480 e. The van der Waals surface area contributed by atoms with Crippen molar-refractivity contribution in [3.05, 3.63) is 90.1 Å². The molecule has 0 aliphatic heterocycles. The van der Waals surface area contributed by atoms with E-state index in [2.05, 4.69) is 26.3 Å². The first-order valence-electron chi connectivity index (χ1n) is 9.50. The van der Waals surface area contributed by atoms with Crippen molar-refractivity contribution < 1.29 is 9.90 Å². The van der Waals surface area contributed by atoms with Crippen LogP contribution in [0.1, 0.15) is 23.0 Å². The first-order chi connectivity index (χ1) is 14.7. The molecule has 148 valence electrons. The predicted octanol–water partition coefficient (Wildman–Crippen LogP) is 4.21. The Kier molecular flexibility index (Phi) is 5.59. The fraction of sp³-hybridized carbons (Fsp3) is 0.0833. The highest BCUT2D eigenvalue weighted by atomic mass is 16.4. The third kappa shape index (κ3) is 4.09. The van der Waals surface area contributed by atoms with Crippen LogP contribution in [0.15, 0.2) is 73.2 Å². The van der Waals surface area contributed by atoms with E-state index in [4.69, 9.17) is 0 Å². The summed E-state index contributed by atoms with van der Waals surface area (Å²) in [7, 11) is 1.61. The first-order valence-corrected chi connectivity index (χ1v) is 9.50. The van der Waals surface area contributed by atoms with Crippen molar-refractivity contribution in [1.29, 1.82) is 0 Å². The summed E-state index contributed by atoms with van der Waals surface area (Å²) in [4.78, 5) is 24.7. The van der Waals surface area contributed by atoms with Crippen molar-refractivity contribution in [3.63, 3.8) is 0 Å². The van der Waals surface area contributed by atoms with E-state index in [1.54, 1.807) is 25.6 Å². The number of aromatic nitrogens is 3. The summed E-state index contributed by atoms with van der Waals surface area (Å²) in [6.45, 7) is 0. The Bertz CT molecular complexity index is 1210. The van der Waals surface area contributed by atoms with Crippen molar-refractivity contribution >= 4 is 29.0 Å². The van der Waals surface area contributed by atoms with Gasteiger partial charge in [0.05, 0.1) is 16.9 Å². The van der Waals surface area contributed by atoms with E-state index in [-0.39, 0.29) is 0 Å². The number of rotatable bonds is 6. The van der Waals surface area contributed by atoms with E-state index in [9.17, 15) is 9.90 Å². The number of fused-ring (bicyclic) bond motifs is 1. The molecule has 0 fully saturated rings. The zero-order valence-electron chi connectivity index (χ0n) is 16.4. The highest BCUT2D eigenvalue weighted by Gasteiger charge is 2.21. The Balaban J connectivity index is 1.86. The fourth-order valence-electron chi connectivity index (χ4n) is 3.34. The Morgan fingerprint density at radius 2 is 1.87 bits per heavy atom. The Morgan fingerprint density at radius 1 is 1.03 bits per heavy atom. The second kappa shape index (κ2) is 8.63. The summed E-state index contributed by atoms with van der Waals surface area (Å²) in [6.07, 6.45) is 9.15. The molecule has 1 unspecified atom stereocenters. The molecule has 30 heavy (non-hydrogen) atoms. The molecule has 1 aromatic carbocycles. The maximum atomic E-state index is 11.7. The van der Waals surface area contributed by atoms with Gasteiger partial charge in [-0.1, -0.05) is 18.2 Å². The molecule has 0 bridgehead atoms. The van der Waals surface area contributed by atoms with Gasteiger partial charge >= 0.3 is 5.97 Å². The van der Waals surface area contributed by atoms with E-state index < -0.39 is 12.0 Å². The lowest BCUT2D eigenvalue weighted by atomic mass is 9.97. The van der Waals surface area contributed by atoms with Crippen molar-refractivity contribution in [3.8, 4) is 11.1 Å². The average molecular weight is 396 g/mol. The molecule has 6 heteroatoms. The molecule has 0 spiro atoms. The van der Waals surface area contributed by atoms with Crippen LogP contribution in [0.25, 0.3) is 34.2 Å². The van der Waals surface area contributed by atoms with Gasteiger partial charge in [0.25, 0.3) is 0 Å². The van der Waals surface area contributed by atoms with Gasteiger partial charge in [0.15, 0.2) is 0 Å². The van der Waals surface area contributed by atoms with Crippen molar-refractivity contribution in [2.75, 3.05) is 7.05 Å². The van der Waals surface area contributed by atoms with E-state index in [0.29, 0.717) is 5.69 Å². The minimum atomic E-state index is -0.972. The van der Waals surface area contributed by atoms with Gasteiger partial charge in [-0.3, -0.25) is 19.7 Å². The molecule has 6 nitrogen and oxygen atoms in total. The van der Waals surface area contributed by atoms with Crippen LogP contribution in [-0.4, -0.2) is 33.1 Å². The van der Waals surface area contributed by atoms with Gasteiger partial charge in [0.1, 0.15) is 6.04 Å². The standard InChI is InChI=1S/C24H20N4O2/c1-25-23(24(29)30)22-15-19(17-9-12-26-13-10-17)20-14-16(6-8-21(20)28-22)5-7-18-4-2-3-11-27-18/h2-15,23,25H,1H3,(H,29,30)/b7-5+. The summed E-state index contributed by atoms with van der Waals surface area (Å²) in [5, 5.41) is 13.3. The Hall–Kier alpha value is -3.90. The number of hydrogen-bond acceptors (Lipinski definition) is 5. The van der Waals surface area contributed by atoms with Crippen LogP contribution in [0, 0.1) is 0 Å². The van der Waals surface area contributed by atoms with Gasteiger partial charge < -0.3 is 10.4 Å². The number of benzene rings is 1. The number of likely N-dealkylation sites (N-methyl/N-ethyl adjacent to an activating group) is 1. The summed E-state index contributed by atoms with van der Waals surface area (Å²) >= 11 is 0. The number of carboxylic acids is 1. The highest BCUT2D eigenvalue weighted by Crippen LogP contribution is 2.31. The number of hydrogen-bond donors (Lipinski definition) is 2. The van der Waals surface area contributed by atoms with E-state index in [0.717, 1.165) is 33.3 Å². The normalized spacial score (nSPS) is 12.3. The lowest BCUT2D eigenvalue weighted by Crippen LogP contribution is -2.26. The van der Waals surface area contributed by atoms with Crippen LogP contribution in [0.2, 0.25) is 0 Å². The molecule has 0 saturated carbocycles. The molecular weight excluding hydrogens is 376 g/mol. The lowest BCUT2D eigenvalue weighted by Gasteiger charge is -2.15. The summed E-state index contributed by atoms with van der Waals surface area (Å²) in [5.41, 5.74) is 4.92. The summed E-state index contributed by atoms with van der Waals surface area (Å²) < 4.78 is 0. The Labute approximate surface area is 174 Å². The van der Waals surface area contributed by atoms with Gasteiger partial charge in [0.2, 0.25) is 0 Å². The smallest absolute Gasteiger partial charge is 0.326 e. The van der Waals surface area contributed by atoms with Gasteiger partial charge in [-0.05, 0) is 72.3 Å². The molecule has 0 aliphatic carbocycles. The largest absolute Gasteiger partial charge is 0.480 e. The third-order valence-electron chi connectivity index (χ3n) is 4.81. The number of nitrogens with zero attached hydrogens (tertiary/aromatic N) is 3. The molecule has 3 heterocycles. The first kappa shape index (κ1) is 19.4. The number of carboxylic acid groups (broad SMARTS) is 1. The second-order valence-corrected chi connectivity index (χ2v) is 6.76. The average Bonchev–Trinajstić information content (AvgIpc) is 2.78. The van der Waals surface area contributed by atoms with Gasteiger partial charge in [-0.15, -0.1) is 0 Å². The highest BCUT2D eigenvalue weighted by molar-refractivity contribution is 5.96. The molecule has 3 aromatic heterocycles. The lowest BCUT2D eigenvalue weighted by molar-refractivity contribution is -0.139. The maximum absolute atomic E-state index is 11.7. The van der Waals surface area contributed by atoms with Gasteiger partial charge in [0, 0.05) is 24.0 Å². The molecule has 2 N–H and O–H groups in total. The number of pyridine rings is 3. The second-order valence-electron chi connectivity index (χ2n) is 6.76. The molecule has 4 rings (SSSR count). The van der Waals surface area contributed by atoms with Crippen LogP contribution in [-0.2, 0) is 4.79 Å². The molecule has 0 radical (unpaired) electrons. The van der Waals surface area contributed by atoms with Crippen LogP contribution in [0.3, 0.4) is 0 Å². The van der Waals surface area contributed by atoms with Crippen LogP contribution in [0.4, 0.5) is 0 Å². The summed E-state index contributed by atoms with van der Waals surface area (Å²) in [6, 6.07) is 16.5. The van der Waals surface area contributed by atoms with Crippen LogP contribution < -0.4 is 5.32 Å². The number of carbonyl (C=O) groups is 1. The maximum Gasteiger partial charge on any atom is 0.326 e. The Morgan fingerprint density at radius 3 is 2.57 bits per heavy atom. The molecule has 0 amide bonds. The van der Waals surface area contributed by atoms with Crippen LogP contribution in [0.5, 0.6) is 0 Å². The molecule has 0 saturated heterocycles. The van der Waals surface area contributed by atoms with E-state index in [1.165, 1.54) is 0 Å². The number of nitrogens with one attached hydrogen (secondary N) is 1. The monoisotopic (exact) mass is 396 g/mol. The van der Waals surface area contributed by atoms with Crippen molar-refractivity contribution in [2.45, 2.75) is 6.04 Å². The fourth-order valence-corrected chi connectivity index (χ4v) is 3.34. The topological polar surface area (TPSA) is 88.0 Å². The minimum absolute atomic E-state index is 0.459. The molecule has 4 aromatic rings. The van der Waals surface area contributed by atoms with Gasteiger partial charge in [-0.2, -0.15) is 0 Å². The number of aliphatic carboxylic acids is 1. The summed E-state index contributed by atoms with van der Waals surface area (Å²) in [5.74, 6) is -0.972. The predicted molar refractivity (Wildman–Crippen MR) is 118 cm³/mol. The van der Waals surface area contributed by atoms with Crippen molar-refractivity contribution in [2.24, 2.45) is 0 Å². The van der Waals surface area contributed by atoms with E-state index >= 15 is 0 Å². The third-order valence-corrected chi connectivity index (χ3v) is 4.81. The molecule has 1 atom stereocenters. The zero-order chi connectivity index (χ0) is 20.9. The van der Waals surface area contributed by atoms with Crippen LogP contribution >= 0.6 is 0 Å². The van der Waals surface area contributed by atoms with E-state index in [1.807, 2.05) is 60.7 Å². The molecular formula is C24H20N4O2. The molecule has 0 aliphatic rings. The zero-order valence-corrected chi connectivity index (χ0v) is 16.4.